The number of allylic oxidation sites excluding steroid dienone is 6. The second kappa shape index (κ2) is 35.6. The fraction of sp³-hybridized carbons (Fsp3) is 0.447. The third-order valence-corrected chi connectivity index (χ3v) is 29.0. The zero-order valence-electron chi connectivity index (χ0n) is 63.9. The molecule has 108 heavy (non-hydrogen) atoms. The summed E-state index contributed by atoms with van der Waals surface area (Å²) in [5.41, 5.74) is 8.00. The number of carbonyl (C=O) groups is 2. The van der Waals surface area contributed by atoms with Crippen molar-refractivity contribution in [3.05, 3.63) is 182 Å². The number of ether oxygens (including phenoxy) is 2. The minimum Gasteiger partial charge on any atom is -0.491 e. The maximum atomic E-state index is 14.7. The summed E-state index contributed by atoms with van der Waals surface area (Å²) >= 11 is 20.5. The molecule has 0 unspecified atom stereocenters. The SMILES string of the molecule is [C-]#[N+]C(C#N)=C1/C(=C/c2cc3c(s2)-c2sc4c(OCCCCCCCC)c5cc6cc7c8c(sc7c(OCCCCCCCC)c6cc5cc4c2C3(CCCCCC)CCCCCC)-c2sc(/C=C3\C(=O)c4cc(Cl)c(Cl)cc4\C3=C(\C#N)[N+]#[C-])cc2C8(CCCCCC)CCCCCC)C(=O)c2ccccc21. The molecule has 0 spiro atoms. The molecule has 0 N–H and O–H groups in total. The quantitative estimate of drug-likeness (QED) is 0.0125. The van der Waals surface area contributed by atoms with Crippen molar-refractivity contribution in [3.63, 3.8) is 0 Å². The van der Waals surface area contributed by atoms with Crippen LogP contribution >= 0.6 is 68.5 Å². The van der Waals surface area contributed by atoms with Gasteiger partial charge in [-0.1, -0.05) is 256 Å². The molecule has 4 aliphatic carbocycles. The molecule has 558 valence electrons. The van der Waals surface area contributed by atoms with Crippen LogP contribution in [0.25, 0.3) is 94.2 Å². The van der Waals surface area contributed by atoms with E-state index < -0.39 is 0 Å². The molecule has 0 aliphatic heterocycles. The van der Waals surface area contributed by atoms with Crippen LogP contribution in [0.3, 0.4) is 0 Å². The summed E-state index contributed by atoms with van der Waals surface area (Å²) in [6, 6.07) is 29.6. The molecule has 0 saturated heterocycles. The molecule has 13 rings (SSSR count). The summed E-state index contributed by atoms with van der Waals surface area (Å²) in [5.74, 6) is 1.47. The zero-order valence-corrected chi connectivity index (χ0v) is 68.7. The highest BCUT2D eigenvalue weighted by Gasteiger charge is 2.49. The van der Waals surface area contributed by atoms with Crippen LogP contribution in [0.2, 0.25) is 10.0 Å². The molecule has 4 aromatic heterocycles. The number of hydrogen-bond acceptors (Lipinski definition) is 10. The van der Waals surface area contributed by atoms with Crippen molar-refractivity contribution in [1.29, 1.82) is 10.5 Å². The van der Waals surface area contributed by atoms with E-state index in [9.17, 15) is 20.1 Å². The number of thiophene rings is 4. The van der Waals surface area contributed by atoms with Gasteiger partial charge in [-0.3, -0.25) is 9.59 Å². The number of nitriles is 2. The van der Waals surface area contributed by atoms with E-state index in [1.165, 1.54) is 126 Å². The van der Waals surface area contributed by atoms with Crippen molar-refractivity contribution in [3.8, 4) is 43.1 Å². The predicted molar refractivity (Wildman–Crippen MR) is 459 cm³/mol. The van der Waals surface area contributed by atoms with Gasteiger partial charge >= 0.3 is 0 Å². The number of halogens is 2. The second-order valence-corrected chi connectivity index (χ2v) is 35.5. The zero-order chi connectivity index (χ0) is 75.6. The van der Waals surface area contributed by atoms with Crippen molar-refractivity contribution in [2.75, 3.05) is 13.2 Å². The molecule has 14 heteroatoms. The monoisotopic (exact) mass is 1550 g/mol. The molecular formula is C94H100Cl2N4O4S4. The van der Waals surface area contributed by atoms with Crippen molar-refractivity contribution >= 4 is 145 Å². The van der Waals surface area contributed by atoms with Crippen molar-refractivity contribution in [1.82, 2.24) is 0 Å². The van der Waals surface area contributed by atoms with Gasteiger partial charge in [-0.25, -0.2) is 20.2 Å². The van der Waals surface area contributed by atoms with E-state index in [4.69, 9.17) is 45.8 Å². The Bertz CT molecular complexity index is 5180. The number of fused-ring (bicyclic) bond motifs is 14. The normalized spacial score (nSPS) is 16.0. The van der Waals surface area contributed by atoms with Crippen LogP contribution in [0.5, 0.6) is 11.5 Å². The minimum atomic E-state index is -0.352. The summed E-state index contributed by atoms with van der Waals surface area (Å²) in [7, 11) is 0. The first-order chi connectivity index (χ1) is 52.8. The lowest BCUT2D eigenvalue weighted by molar-refractivity contribution is 0.103. The maximum absolute atomic E-state index is 14.7. The van der Waals surface area contributed by atoms with Crippen molar-refractivity contribution in [2.24, 2.45) is 0 Å². The number of nitrogens with zero attached hydrogens (tertiary/aromatic N) is 4. The van der Waals surface area contributed by atoms with E-state index in [1.54, 1.807) is 34.8 Å². The lowest BCUT2D eigenvalue weighted by atomic mass is 9.70. The molecule has 5 aromatic carbocycles. The molecule has 0 atom stereocenters. The molecule has 0 fully saturated rings. The number of unbranched alkanes of at least 4 members (excludes halogenated alkanes) is 22. The summed E-state index contributed by atoms with van der Waals surface area (Å²) in [5, 5.41) is 28.4. The van der Waals surface area contributed by atoms with Crippen molar-refractivity contribution in [2.45, 2.75) is 258 Å². The molecule has 0 bridgehead atoms. The van der Waals surface area contributed by atoms with Gasteiger partial charge in [-0.2, -0.15) is 0 Å². The predicted octanol–water partition coefficient (Wildman–Crippen LogP) is 30.6. The van der Waals surface area contributed by atoms with Gasteiger partial charge in [0.2, 0.25) is 0 Å². The van der Waals surface area contributed by atoms with Crippen LogP contribution in [0.15, 0.2) is 95.3 Å². The van der Waals surface area contributed by atoms with Gasteiger partial charge in [0.05, 0.1) is 67.7 Å². The van der Waals surface area contributed by atoms with Gasteiger partial charge in [0.1, 0.15) is 11.5 Å². The lowest BCUT2D eigenvalue weighted by Gasteiger charge is -2.32. The molecule has 0 amide bonds. The smallest absolute Gasteiger partial charge is 0.270 e. The molecule has 9 aromatic rings. The Labute approximate surface area is 666 Å². The number of Topliss-reactive ketones (excluding diaryl/α,β-unsaturated/α-hetero) is 2. The highest BCUT2D eigenvalue weighted by atomic mass is 35.5. The summed E-state index contributed by atoms with van der Waals surface area (Å²) in [6.45, 7) is 31.2. The van der Waals surface area contributed by atoms with Gasteiger partial charge in [0.15, 0.2) is 11.6 Å². The van der Waals surface area contributed by atoms with Crippen LogP contribution in [0, 0.1) is 35.8 Å². The first-order valence-electron chi connectivity index (χ1n) is 40.5. The Balaban J connectivity index is 1.05. The largest absolute Gasteiger partial charge is 0.491 e. The van der Waals surface area contributed by atoms with Crippen LogP contribution in [0.4, 0.5) is 0 Å². The highest BCUT2D eigenvalue weighted by Crippen LogP contribution is 2.66. The number of ketones is 2. The standard InChI is InChI=1S/C94H100Cl2N4O4S4/c1-9-15-21-27-29-37-45-103-85-65-48-60-50-72-82-92(90-74(94(82,43-35-25-19-13-5)44-36-26-20-14-6)54-62(106-90)52-70-80(78(58-98)100-8)67-55-75(95)76(96)56-68(67)84(70)102)108-88(72)86(104-46-38-30-28-22-16-10-2)66(60)47-59(65)49-71-81-91(107-87(71)85)89-73(93(81,41-33-23-17-11-3)42-34-24-18-12-4)53-61(105-89)51-69-79(77(57-97)99-7)63-39-31-32-40-64(63)83(69)101/h31-32,39-40,47-56H,9-30,33-38,41-46H2,1-6H3/b69-51-,70-52-,79-77?,80-78+. The minimum absolute atomic E-state index is 0.0659. The van der Waals surface area contributed by atoms with Gasteiger partial charge in [-0.05, 0) is 143 Å². The molecule has 8 nitrogen and oxygen atoms in total. The van der Waals surface area contributed by atoms with E-state index >= 15 is 0 Å². The second-order valence-electron chi connectivity index (χ2n) is 30.5. The Morgan fingerprint density at radius 3 is 1.19 bits per heavy atom. The van der Waals surface area contributed by atoms with Crippen LogP contribution in [-0.2, 0) is 10.8 Å². The summed E-state index contributed by atoms with van der Waals surface area (Å²) in [6.07, 6.45) is 39.6. The van der Waals surface area contributed by atoms with E-state index in [0.717, 1.165) is 184 Å². The fourth-order valence-corrected chi connectivity index (χ4v) is 23.8. The van der Waals surface area contributed by atoms with Crippen LogP contribution < -0.4 is 9.47 Å². The summed E-state index contributed by atoms with van der Waals surface area (Å²) < 4.78 is 17.4. The highest BCUT2D eigenvalue weighted by molar-refractivity contribution is 7.28. The Hall–Kier alpha value is -7.62. The molecule has 0 radical (unpaired) electrons. The van der Waals surface area contributed by atoms with E-state index in [1.807, 2.05) is 59.1 Å². The van der Waals surface area contributed by atoms with Crippen LogP contribution in [0.1, 0.15) is 311 Å². The van der Waals surface area contributed by atoms with Crippen molar-refractivity contribution < 1.29 is 19.1 Å². The fourth-order valence-electron chi connectivity index (χ4n) is 18.0. The van der Waals surface area contributed by atoms with Gasteiger partial charge in [-0.15, -0.1) is 45.3 Å². The first-order valence-corrected chi connectivity index (χ1v) is 44.5. The first kappa shape index (κ1) is 78.5. The third kappa shape index (κ3) is 15.0. The maximum Gasteiger partial charge on any atom is 0.270 e. The topological polar surface area (TPSA) is 109 Å². The number of rotatable bonds is 38. The Kier molecular flexibility index (Phi) is 25.9. The molecular weight excluding hydrogens is 1450 g/mol. The van der Waals surface area contributed by atoms with Gasteiger partial charge in [0, 0.05) is 85.3 Å². The average Bonchev–Trinajstić information content (AvgIpc) is 1.52. The van der Waals surface area contributed by atoms with E-state index in [0.29, 0.717) is 57.8 Å². The molecule has 4 aliphatic rings. The number of hydrogen-bond donors (Lipinski definition) is 0. The van der Waals surface area contributed by atoms with Crippen LogP contribution in [-0.4, -0.2) is 24.8 Å². The number of carbonyl (C=O) groups excluding carboxylic acids is 2. The van der Waals surface area contributed by atoms with Gasteiger partial charge in [0.25, 0.3) is 11.4 Å². The molecule has 0 saturated carbocycles. The summed E-state index contributed by atoms with van der Waals surface area (Å²) in [4.78, 5) is 43.6. The van der Waals surface area contributed by atoms with Gasteiger partial charge < -0.3 is 9.47 Å². The average molecular weight is 1550 g/mol. The lowest BCUT2D eigenvalue weighted by Crippen LogP contribution is -2.25. The Morgan fingerprint density at radius 1 is 0.435 bits per heavy atom. The third-order valence-electron chi connectivity index (χ3n) is 23.4. The molecule has 4 heterocycles. The Morgan fingerprint density at radius 2 is 0.787 bits per heavy atom. The van der Waals surface area contributed by atoms with E-state index in [2.05, 4.69) is 99.8 Å². The van der Waals surface area contributed by atoms with E-state index in [-0.39, 0.29) is 43.8 Å². The number of benzene rings is 5.